The Labute approximate surface area is 216 Å². The van der Waals surface area contributed by atoms with Gasteiger partial charge in [0.05, 0.1) is 24.0 Å². The molecule has 2 N–H and O–H groups in total. The monoisotopic (exact) mass is 501 g/mol. The second-order valence-electron chi connectivity index (χ2n) is 9.40. The first-order chi connectivity index (χ1) is 17.8. The van der Waals surface area contributed by atoms with Crippen molar-refractivity contribution < 1.29 is 24.6 Å². The fourth-order valence-corrected chi connectivity index (χ4v) is 5.09. The van der Waals surface area contributed by atoms with Crippen LogP contribution >= 0.6 is 0 Å². The first kappa shape index (κ1) is 25.9. The van der Waals surface area contributed by atoms with Crippen molar-refractivity contribution in [3.05, 3.63) is 89.5 Å². The van der Waals surface area contributed by atoms with Crippen LogP contribution in [0.4, 0.5) is 17.1 Å². The number of nitrogens with zero attached hydrogens (tertiary/aromatic N) is 3. The molecule has 37 heavy (non-hydrogen) atoms. The van der Waals surface area contributed by atoms with Crippen LogP contribution in [0, 0.1) is 0 Å². The lowest BCUT2D eigenvalue weighted by Gasteiger charge is -2.33. The third-order valence-electron chi connectivity index (χ3n) is 6.58. The number of rotatable bonds is 5. The van der Waals surface area contributed by atoms with Crippen LogP contribution in [0.2, 0.25) is 0 Å². The van der Waals surface area contributed by atoms with Crippen LogP contribution in [0.3, 0.4) is 0 Å². The third kappa shape index (κ3) is 5.65. The van der Waals surface area contributed by atoms with Gasteiger partial charge in [-0.05, 0) is 62.2 Å². The Kier molecular flexibility index (Phi) is 7.89. The van der Waals surface area contributed by atoms with Crippen molar-refractivity contribution in [2.45, 2.75) is 25.3 Å². The average Bonchev–Trinajstić information content (AvgIpc) is 3.26. The van der Waals surface area contributed by atoms with Crippen molar-refractivity contribution in [1.82, 2.24) is 4.90 Å². The number of carboxylic acids is 2. The summed E-state index contributed by atoms with van der Waals surface area (Å²) in [6, 6.07) is 25.7. The quantitative estimate of drug-likeness (QED) is 0.507. The molecular weight excluding hydrogens is 470 g/mol. The summed E-state index contributed by atoms with van der Waals surface area (Å²) >= 11 is 0. The minimum atomic E-state index is -1.82. The van der Waals surface area contributed by atoms with E-state index in [1.165, 1.54) is 22.4 Å². The number of likely N-dealkylation sites (N-methyl/N-ethyl adjacent to an activating group) is 1. The molecule has 8 nitrogen and oxygen atoms in total. The predicted molar refractivity (Wildman–Crippen MR) is 142 cm³/mol. The fraction of sp³-hybridized carbons (Fsp3) is 0.276. The van der Waals surface area contributed by atoms with Crippen LogP contribution in [0.25, 0.3) is 0 Å². The number of carbonyl (C=O) groups excluding carboxylic acids is 1. The van der Waals surface area contributed by atoms with E-state index in [0.717, 1.165) is 37.2 Å². The molecule has 0 saturated carbocycles. The van der Waals surface area contributed by atoms with Gasteiger partial charge in [0.2, 0.25) is 5.91 Å². The van der Waals surface area contributed by atoms with E-state index >= 15 is 0 Å². The van der Waals surface area contributed by atoms with Gasteiger partial charge >= 0.3 is 11.9 Å². The van der Waals surface area contributed by atoms with Crippen molar-refractivity contribution in [2.24, 2.45) is 0 Å². The van der Waals surface area contributed by atoms with Gasteiger partial charge in [-0.3, -0.25) is 4.79 Å². The molecule has 0 bridgehead atoms. The Bertz CT molecular complexity index is 1280. The number of amides is 1. The summed E-state index contributed by atoms with van der Waals surface area (Å²) in [7, 11) is 3.92. The van der Waals surface area contributed by atoms with Crippen LogP contribution in [0.5, 0.6) is 0 Å². The van der Waals surface area contributed by atoms with Crippen molar-refractivity contribution >= 4 is 34.9 Å². The van der Waals surface area contributed by atoms with E-state index < -0.39 is 11.9 Å². The lowest BCUT2D eigenvalue weighted by atomic mass is 9.94. The van der Waals surface area contributed by atoms with Gasteiger partial charge in [0.15, 0.2) is 0 Å². The molecule has 192 valence electrons. The molecule has 0 radical (unpaired) electrons. The summed E-state index contributed by atoms with van der Waals surface area (Å²) in [5.41, 5.74) is 7.45. The van der Waals surface area contributed by atoms with E-state index in [9.17, 15) is 4.79 Å². The summed E-state index contributed by atoms with van der Waals surface area (Å²) in [5.74, 6) is -3.50. The Balaban J connectivity index is 0.000000480. The molecule has 5 rings (SSSR count). The number of anilines is 3. The minimum absolute atomic E-state index is 0.00635. The summed E-state index contributed by atoms with van der Waals surface area (Å²) in [6.45, 7) is 1.36. The Morgan fingerprint density at radius 2 is 1.51 bits per heavy atom. The van der Waals surface area contributed by atoms with E-state index in [1.807, 2.05) is 19.0 Å². The average molecular weight is 502 g/mol. The van der Waals surface area contributed by atoms with Crippen LogP contribution in [-0.2, 0) is 27.2 Å². The number of hydrogen-bond donors (Lipinski definition) is 2. The highest BCUT2D eigenvalue weighted by Gasteiger charge is 2.38. The van der Waals surface area contributed by atoms with Crippen molar-refractivity contribution in [3.63, 3.8) is 0 Å². The van der Waals surface area contributed by atoms with Crippen molar-refractivity contribution in [1.29, 1.82) is 0 Å². The molecule has 0 aliphatic carbocycles. The lowest BCUT2D eigenvalue weighted by Crippen LogP contribution is -2.40. The van der Waals surface area contributed by atoms with Crippen LogP contribution in [0.15, 0.2) is 72.8 Å². The zero-order valence-corrected chi connectivity index (χ0v) is 21.0. The Hall–Kier alpha value is -4.17. The molecule has 0 spiro atoms. The normalized spacial score (nSPS) is 15.3. The predicted octanol–water partition coefficient (Wildman–Crippen LogP) is 4.12. The van der Waals surface area contributed by atoms with Gasteiger partial charge in [-0.1, -0.05) is 60.7 Å². The third-order valence-corrected chi connectivity index (χ3v) is 6.58. The number of aryl methyl sites for hydroxylation is 1. The van der Waals surface area contributed by atoms with Crippen molar-refractivity contribution in [3.8, 4) is 0 Å². The molecule has 0 aromatic heterocycles. The number of carboxylic acid groups (broad SMARTS) is 2. The van der Waals surface area contributed by atoms with Crippen LogP contribution in [0.1, 0.15) is 29.2 Å². The standard InChI is InChI=1S/C27H29N3O.C2H2O4/c1-28(2)19-26(31)30-23(16-15-20-9-4-3-5-10-20)22-12-8-11-21-17-18-29(27(21)22)24-13-6-7-14-25(24)30;3-1(4)2(5)6/h3-14,23H,15-19H2,1-2H3;(H,3,4)(H,5,6). The molecule has 2 heterocycles. The van der Waals surface area contributed by atoms with Gasteiger partial charge in [-0.25, -0.2) is 9.59 Å². The molecule has 1 amide bonds. The summed E-state index contributed by atoms with van der Waals surface area (Å²) in [5, 5.41) is 14.8. The molecule has 8 heteroatoms. The molecule has 2 aliphatic heterocycles. The van der Waals surface area contributed by atoms with Crippen LogP contribution < -0.4 is 9.80 Å². The second-order valence-corrected chi connectivity index (χ2v) is 9.40. The zero-order valence-electron chi connectivity index (χ0n) is 21.0. The highest BCUT2D eigenvalue weighted by Crippen LogP contribution is 2.50. The number of aliphatic carboxylic acids is 2. The largest absolute Gasteiger partial charge is 0.473 e. The summed E-state index contributed by atoms with van der Waals surface area (Å²) in [4.78, 5) is 38.3. The number of carbonyl (C=O) groups is 3. The van der Waals surface area contributed by atoms with E-state index in [-0.39, 0.29) is 11.9 Å². The Morgan fingerprint density at radius 3 is 2.16 bits per heavy atom. The van der Waals surface area contributed by atoms with E-state index in [1.54, 1.807) is 0 Å². The minimum Gasteiger partial charge on any atom is -0.473 e. The number of benzene rings is 3. The molecule has 1 atom stereocenters. The fourth-order valence-electron chi connectivity index (χ4n) is 5.09. The van der Waals surface area contributed by atoms with Gasteiger partial charge in [0.25, 0.3) is 0 Å². The second kappa shape index (κ2) is 11.3. The summed E-state index contributed by atoms with van der Waals surface area (Å²) in [6.07, 6.45) is 2.87. The zero-order chi connectivity index (χ0) is 26.5. The van der Waals surface area contributed by atoms with Gasteiger partial charge in [-0.2, -0.15) is 0 Å². The van der Waals surface area contributed by atoms with Gasteiger partial charge < -0.3 is 24.9 Å². The topological polar surface area (TPSA) is 101 Å². The van der Waals surface area contributed by atoms with Crippen LogP contribution in [-0.4, -0.2) is 60.1 Å². The van der Waals surface area contributed by atoms with E-state index in [0.29, 0.717) is 6.54 Å². The van der Waals surface area contributed by atoms with Gasteiger partial charge in [-0.15, -0.1) is 0 Å². The van der Waals surface area contributed by atoms with E-state index in [4.69, 9.17) is 19.8 Å². The number of fused-ring (bicyclic) bond motifs is 2. The van der Waals surface area contributed by atoms with Gasteiger partial charge in [0, 0.05) is 12.2 Å². The molecular formula is C29H31N3O5. The molecule has 0 saturated heterocycles. The first-order valence-electron chi connectivity index (χ1n) is 12.2. The maximum atomic E-state index is 13.6. The lowest BCUT2D eigenvalue weighted by molar-refractivity contribution is -0.159. The van der Waals surface area contributed by atoms with Gasteiger partial charge in [0.1, 0.15) is 0 Å². The molecule has 0 fully saturated rings. The maximum Gasteiger partial charge on any atom is 0.414 e. The molecule has 1 unspecified atom stereocenters. The summed E-state index contributed by atoms with van der Waals surface area (Å²) < 4.78 is 0. The molecule has 3 aromatic carbocycles. The number of para-hydroxylation sites is 3. The Morgan fingerprint density at radius 1 is 0.865 bits per heavy atom. The molecule has 3 aromatic rings. The molecule has 2 aliphatic rings. The maximum absolute atomic E-state index is 13.6. The highest BCUT2D eigenvalue weighted by molar-refractivity contribution is 6.27. The first-order valence-corrected chi connectivity index (χ1v) is 12.2. The number of hydrogen-bond acceptors (Lipinski definition) is 5. The van der Waals surface area contributed by atoms with E-state index in [2.05, 4.69) is 82.6 Å². The van der Waals surface area contributed by atoms with Crippen molar-refractivity contribution in [2.75, 3.05) is 37.0 Å². The highest BCUT2D eigenvalue weighted by atomic mass is 16.4. The SMILES string of the molecule is CN(C)CC(=O)N1c2ccccc2N2CCc3cccc(c32)C1CCc1ccccc1.O=C(O)C(=O)O. The smallest absolute Gasteiger partial charge is 0.414 e.